The molecule has 26 heavy (non-hydrogen) atoms. The number of sulfonamides is 1. The summed E-state index contributed by atoms with van der Waals surface area (Å²) >= 11 is 5.98. The SMILES string of the molecule is CNS(=O)(=O)c1ccc(Cl)c(C(=O)OCC(=O)N2C[C@H](C)C[C@H](C)C2)c1. The molecule has 0 aromatic heterocycles. The van der Waals surface area contributed by atoms with Gasteiger partial charge in [-0.3, -0.25) is 4.79 Å². The molecule has 1 aromatic rings. The quantitative estimate of drug-likeness (QED) is 0.759. The highest BCUT2D eigenvalue weighted by Gasteiger charge is 2.26. The number of nitrogens with one attached hydrogen (secondary N) is 1. The van der Waals surface area contributed by atoms with E-state index in [-0.39, 0.29) is 21.4 Å². The first-order valence-electron chi connectivity index (χ1n) is 8.32. The highest BCUT2D eigenvalue weighted by Crippen LogP contribution is 2.23. The van der Waals surface area contributed by atoms with Crippen molar-refractivity contribution in [2.75, 3.05) is 26.7 Å². The van der Waals surface area contributed by atoms with Crippen molar-refractivity contribution in [1.82, 2.24) is 9.62 Å². The van der Waals surface area contributed by atoms with Crippen molar-refractivity contribution in [1.29, 1.82) is 0 Å². The van der Waals surface area contributed by atoms with Gasteiger partial charge in [0.25, 0.3) is 5.91 Å². The van der Waals surface area contributed by atoms with E-state index in [1.54, 1.807) is 4.90 Å². The Hall–Kier alpha value is -1.64. The molecule has 0 unspecified atom stereocenters. The monoisotopic (exact) mass is 402 g/mol. The van der Waals surface area contributed by atoms with E-state index < -0.39 is 22.6 Å². The lowest BCUT2D eigenvalue weighted by atomic mass is 9.92. The van der Waals surface area contributed by atoms with Crippen LogP contribution in [0.25, 0.3) is 0 Å². The van der Waals surface area contributed by atoms with E-state index in [4.69, 9.17) is 16.3 Å². The number of carbonyl (C=O) groups excluding carboxylic acids is 2. The third-order valence-corrected chi connectivity index (χ3v) is 6.03. The third kappa shape index (κ3) is 4.96. The van der Waals surface area contributed by atoms with Gasteiger partial charge in [-0.15, -0.1) is 0 Å². The molecule has 1 heterocycles. The molecule has 9 heteroatoms. The molecule has 144 valence electrons. The Bertz CT molecular complexity index is 786. The van der Waals surface area contributed by atoms with Crippen molar-refractivity contribution < 1.29 is 22.7 Å². The number of hydrogen-bond acceptors (Lipinski definition) is 5. The van der Waals surface area contributed by atoms with Crippen LogP contribution in [0.3, 0.4) is 0 Å². The van der Waals surface area contributed by atoms with Crippen molar-refractivity contribution in [3.63, 3.8) is 0 Å². The van der Waals surface area contributed by atoms with Gasteiger partial charge < -0.3 is 9.64 Å². The number of piperidine rings is 1. The van der Waals surface area contributed by atoms with Gasteiger partial charge in [0.1, 0.15) is 0 Å². The maximum Gasteiger partial charge on any atom is 0.340 e. The largest absolute Gasteiger partial charge is 0.452 e. The fourth-order valence-electron chi connectivity index (χ4n) is 3.11. The van der Waals surface area contributed by atoms with E-state index in [1.165, 1.54) is 19.2 Å². The number of halogens is 1. The third-order valence-electron chi connectivity index (χ3n) is 4.29. The minimum atomic E-state index is -3.72. The van der Waals surface area contributed by atoms with Gasteiger partial charge >= 0.3 is 5.97 Å². The maximum atomic E-state index is 12.3. The first-order valence-corrected chi connectivity index (χ1v) is 10.2. The lowest BCUT2D eigenvalue weighted by molar-refractivity contribution is -0.137. The minimum absolute atomic E-state index is 0.0534. The van der Waals surface area contributed by atoms with Gasteiger partial charge in [-0.05, 0) is 43.5 Å². The minimum Gasteiger partial charge on any atom is -0.452 e. The Balaban J connectivity index is 2.06. The zero-order chi connectivity index (χ0) is 19.5. The van der Waals surface area contributed by atoms with Crippen LogP contribution in [0.2, 0.25) is 5.02 Å². The summed E-state index contributed by atoms with van der Waals surface area (Å²) in [4.78, 5) is 26.1. The Kier molecular flexibility index (Phi) is 6.65. The molecule has 0 saturated carbocycles. The Morgan fingerprint density at radius 3 is 2.46 bits per heavy atom. The molecule has 1 saturated heterocycles. The molecule has 2 atom stereocenters. The van der Waals surface area contributed by atoms with Crippen molar-refractivity contribution in [2.24, 2.45) is 11.8 Å². The second-order valence-electron chi connectivity index (χ2n) is 6.67. The molecule has 1 aliphatic heterocycles. The summed E-state index contributed by atoms with van der Waals surface area (Å²) in [6.07, 6.45) is 1.06. The molecule has 0 aliphatic carbocycles. The van der Waals surface area contributed by atoms with E-state index in [0.717, 1.165) is 12.5 Å². The standard InChI is InChI=1S/C17H23ClN2O5S/c1-11-6-12(2)9-20(8-11)16(21)10-25-17(22)14-7-13(4-5-15(14)18)26(23,24)19-3/h4-5,7,11-12,19H,6,8-10H2,1-3H3/t11-,12+. The normalized spacial score (nSPS) is 20.7. The summed E-state index contributed by atoms with van der Waals surface area (Å²) in [5.41, 5.74) is -0.101. The molecule has 0 spiro atoms. The zero-order valence-electron chi connectivity index (χ0n) is 15.0. The highest BCUT2D eigenvalue weighted by molar-refractivity contribution is 7.89. The molecule has 0 radical (unpaired) electrons. The number of amides is 1. The fourth-order valence-corrected chi connectivity index (χ4v) is 4.06. The Morgan fingerprint density at radius 2 is 1.88 bits per heavy atom. The Morgan fingerprint density at radius 1 is 1.27 bits per heavy atom. The summed E-state index contributed by atoms with van der Waals surface area (Å²) in [5.74, 6) is -0.311. The second-order valence-corrected chi connectivity index (χ2v) is 8.96. The van der Waals surface area contributed by atoms with Gasteiger partial charge in [-0.25, -0.2) is 17.9 Å². The first-order chi connectivity index (χ1) is 12.1. The number of hydrogen-bond donors (Lipinski definition) is 1. The second kappa shape index (κ2) is 8.37. The van der Waals surface area contributed by atoms with Crippen LogP contribution < -0.4 is 4.72 Å². The Labute approximate surface area is 158 Å². The summed E-state index contributed by atoms with van der Waals surface area (Å²) < 4.78 is 30.9. The number of rotatable bonds is 5. The molecule has 1 amide bonds. The number of ether oxygens (including phenoxy) is 1. The molecule has 2 rings (SSSR count). The summed E-state index contributed by atoms with van der Waals surface area (Å²) in [7, 11) is -2.46. The van der Waals surface area contributed by atoms with Crippen LogP contribution in [-0.2, 0) is 19.6 Å². The van der Waals surface area contributed by atoms with E-state index in [1.807, 2.05) is 0 Å². The van der Waals surface area contributed by atoms with Crippen LogP contribution in [0.4, 0.5) is 0 Å². The van der Waals surface area contributed by atoms with Crippen LogP contribution in [0.15, 0.2) is 23.1 Å². The van der Waals surface area contributed by atoms with E-state index in [2.05, 4.69) is 18.6 Å². The molecular formula is C17H23ClN2O5S. The predicted molar refractivity (Wildman–Crippen MR) is 97.5 cm³/mol. The van der Waals surface area contributed by atoms with Gasteiger partial charge in [0.2, 0.25) is 10.0 Å². The molecule has 1 aromatic carbocycles. The number of esters is 1. The highest BCUT2D eigenvalue weighted by atomic mass is 35.5. The van der Waals surface area contributed by atoms with Crippen molar-refractivity contribution in [3.8, 4) is 0 Å². The molecule has 1 aliphatic rings. The summed E-state index contributed by atoms with van der Waals surface area (Å²) in [5, 5.41) is 0.0534. The average molecular weight is 403 g/mol. The summed E-state index contributed by atoms with van der Waals surface area (Å²) in [6, 6.07) is 3.72. The summed E-state index contributed by atoms with van der Waals surface area (Å²) in [6.45, 7) is 5.03. The van der Waals surface area contributed by atoms with Gasteiger partial charge in [0.15, 0.2) is 6.61 Å². The van der Waals surface area contributed by atoms with E-state index in [9.17, 15) is 18.0 Å². The smallest absolute Gasteiger partial charge is 0.340 e. The van der Waals surface area contributed by atoms with Gasteiger partial charge in [-0.1, -0.05) is 25.4 Å². The topological polar surface area (TPSA) is 92.8 Å². The van der Waals surface area contributed by atoms with Crippen molar-refractivity contribution in [3.05, 3.63) is 28.8 Å². The number of carbonyl (C=O) groups is 2. The lowest BCUT2D eigenvalue weighted by Crippen LogP contribution is -2.44. The van der Waals surface area contributed by atoms with E-state index in [0.29, 0.717) is 24.9 Å². The molecule has 7 nitrogen and oxygen atoms in total. The average Bonchev–Trinajstić information content (AvgIpc) is 2.58. The van der Waals surface area contributed by atoms with Crippen LogP contribution in [0, 0.1) is 11.8 Å². The van der Waals surface area contributed by atoms with Gasteiger partial charge in [-0.2, -0.15) is 0 Å². The number of benzene rings is 1. The number of nitrogens with zero attached hydrogens (tertiary/aromatic N) is 1. The molecule has 1 N–H and O–H groups in total. The van der Waals surface area contributed by atoms with Crippen molar-refractivity contribution in [2.45, 2.75) is 25.2 Å². The van der Waals surface area contributed by atoms with Crippen LogP contribution >= 0.6 is 11.6 Å². The van der Waals surface area contributed by atoms with E-state index >= 15 is 0 Å². The maximum absolute atomic E-state index is 12.3. The molecule has 0 bridgehead atoms. The molecular weight excluding hydrogens is 380 g/mol. The van der Waals surface area contributed by atoms with Gasteiger partial charge in [0, 0.05) is 13.1 Å². The predicted octanol–water partition coefficient (Wildman–Crippen LogP) is 1.91. The van der Waals surface area contributed by atoms with Crippen molar-refractivity contribution >= 4 is 33.5 Å². The van der Waals surface area contributed by atoms with Gasteiger partial charge in [0.05, 0.1) is 15.5 Å². The lowest BCUT2D eigenvalue weighted by Gasteiger charge is -2.34. The number of likely N-dealkylation sites (tertiary alicyclic amines) is 1. The fraction of sp³-hybridized carbons (Fsp3) is 0.529. The van der Waals surface area contributed by atoms with Crippen LogP contribution in [-0.4, -0.2) is 51.9 Å². The zero-order valence-corrected chi connectivity index (χ0v) is 16.6. The van der Waals surface area contributed by atoms with Crippen LogP contribution in [0.1, 0.15) is 30.6 Å². The van der Waals surface area contributed by atoms with Crippen LogP contribution in [0.5, 0.6) is 0 Å². The molecule has 1 fully saturated rings. The first kappa shape index (κ1) is 20.7.